The highest BCUT2D eigenvalue weighted by atomic mass is 32.4. The molecule has 3 nitrogen and oxygen atoms in total. The number of benzene rings is 3. The molecular weight excluding hydrogens is 454 g/mol. The third kappa shape index (κ3) is 4.49. The number of hydrogen-bond acceptors (Lipinski definition) is 4. The predicted octanol–water partition coefficient (Wildman–Crippen LogP) is 6.64. The van der Waals surface area contributed by atoms with E-state index in [1.54, 1.807) is 0 Å². The fourth-order valence-corrected chi connectivity index (χ4v) is 11.1. The molecule has 0 saturated carbocycles. The van der Waals surface area contributed by atoms with E-state index < -0.39 is 19.3 Å². The summed E-state index contributed by atoms with van der Waals surface area (Å²) in [6.45, 7) is 9.33. The van der Waals surface area contributed by atoms with Crippen molar-refractivity contribution in [2.45, 2.75) is 19.5 Å². The van der Waals surface area contributed by atoms with Crippen LogP contribution in [0.15, 0.2) is 103 Å². The first-order valence-electron chi connectivity index (χ1n) is 10.6. The fourth-order valence-electron chi connectivity index (χ4n) is 3.88. The zero-order valence-corrected chi connectivity index (χ0v) is 21.0. The lowest BCUT2D eigenvalue weighted by molar-refractivity contribution is 0.0392. The molecule has 3 aromatic carbocycles. The first-order chi connectivity index (χ1) is 15.3. The third-order valence-corrected chi connectivity index (χ3v) is 13.2. The van der Waals surface area contributed by atoms with Crippen molar-refractivity contribution < 1.29 is 13.6 Å². The van der Waals surface area contributed by atoms with Gasteiger partial charge in [-0.1, -0.05) is 123 Å². The van der Waals surface area contributed by atoms with Gasteiger partial charge in [-0.2, -0.15) is 0 Å². The highest BCUT2D eigenvalue weighted by Crippen LogP contribution is 2.72. The van der Waals surface area contributed by atoms with Crippen LogP contribution in [0.2, 0.25) is 0 Å². The molecule has 4 rings (SSSR count). The molecule has 0 radical (unpaired) electrons. The van der Waals surface area contributed by atoms with Gasteiger partial charge >= 0.3 is 7.60 Å². The molecule has 3 aromatic rings. The van der Waals surface area contributed by atoms with E-state index in [0.29, 0.717) is 13.2 Å². The van der Waals surface area contributed by atoms with Crippen molar-refractivity contribution in [2.24, 2.45) is 5.41 Å². The van der Waals surface area contributed by atoms with Crippen LogP contribution in [0.5, 0.6) is 0 Å². The minimum atomic E-state index is -3.56. The van der Waals surface area contributed by atoms with Crippen LogP contribution in [-0.4, -0.2) is 13.2 Å². The predicted molar refractivity (Wildman–Crippen MR) is 138 cm³/mol. The van der Waals surface area contributed by atoms with E-state index >= 15 is 0 Å². The maximum absolute atomic E-state index is 14.2. The molecule has 32 heavy (non-hydrogen) atoms. The lowest BCUT2D eigenvalue weighted by Gasteiger charge is -2.40. The Morgan fingerprint density at radius 2 is 1.28 bits per heavy atom. The minimum Gasteiger partial charge on any atom is -0.307 e. The Hall–Kier alpha value is -1.80. The lowest BCUT2D eigenvalue weighted by atomic mass is 9.97. The number of hydrogen-bond donors (Lipinski definition) is 0. The zero-order chi connectivity index (χ0) is 22.8. The number of allylic oxidation sites excluding steroid dienone is 1. The molecule has 0 amide bonds. The summed E-state index contributed by atoms with van der Waals surface area (Å²) in [5.41, 5.74) is 0.00268. The first kappa shape index (κ1) is 23.4. The molecule has 0 N–H and O–H groups in total. The summed E-state index contributed by atoms with van der Waals surface area (Å²) in [4.78, 5) is 0. The van der Waals surface area contributed by atoms with Gasteiger partial charge in [0.05, 0.1) is 13.2 Å². The summed E-state index contributed by atoms with van der Waals surface area (Å²) in [6, 6.07) is 27.2. The third-order valence-electron chi connectivity index (χ3n) is 5.66. The molecule has 1 aliphatic rings. The van der Waals surface area contributed by atoms with Crippen molar-refractivity contribution in [1.82, 2.24) is 0 Å². The molecule has 0 spiro atoms. The van der Waals surface area contributed by atoms with Crippen LogP contribution in [0.4, 0.5) is 0 Å². The zero-order valence-electron chi connectivity index (χ0n) is 18.4. The van der Waals surface area contributed by atoms with Crippen LogP contribution in [0.25, 0.3) is 0 Å². The van der Waals surface area contributed by atoms with Crippen molar-refractivity contribution in [1.29, 1.82) is 0 Å². The largest absolute Gasteiger partial charge is 0.342 e. The molecule has 1 unspecified atom stereocenters. The van der Waals surface area contributed by atoms with Crippen molar-refractivity contribution in [3.63, 3.8) is 0 Å². The average molecular weight is 483 g/mol. The van der Waals surface area contributed by atoms with Gasteiger partial charge in [-0.15, -0.1) is 0 Å². The molecular formula is C26H28O3P2S. The summed E-state index contributed by atoms with van der Waals surface area (Å²) in [5, 5.41) is 2.74. The standard InChI is InChI=1S/C26H28O3P2S/c1-21(30(32,23-15-9-5-10-16-23)24-17-11-6-12-18-24)25(22-13-7-4-8-14-22)31(27)28-19-26(2,3)20-29-31/h4-18,25H,1,19-20H2,2-3H3. The molecule has 0 aliphatic carbocycles. The number of rotatable bonds is 6. The Morgan fingerprint density at radius 3 is 1.72 bits per heavy atom. The van der Waals surface area contributed by atoms with Crippen LogP contribution < -0.4 is 10.6 Å². The molecule has 0 aromatic heterocycles. The average Bonchev–Trinajstić information content (AvgIpc) is 2.82. The smallest absolute Gasteiger partial charge is 0.307 e. The summed E-state index contributed by atoms with van der Waals surface area (Å²) in [7, 11) is -3.56. The molecule has 166 valence electrons. The van der Waals surface area contributed by atoms with E-state index in [1.807, 2.05) is 105 Å². The van der Waals surface area contributed by atoms with Crippen molar-refractivity contribution in [2.75, 3.05) is 13.2 Å². The molecule has 1 aliphatic heterocycles. The summed E-state index contributed by atoms with van der Waals surface area (Å²) >= 11 is 6.48. The summed E-state index contributed by atoms with van der Waals surface area (Å²) in [6.07, 6.45) is 0. The normalized spacial score (nSPS) is 18.6. The molecule has 1 atom stereocenters. The quantitative estimate of drug-likeness (QED) is 0.369. The van der Waals surface area contributed by atoms with E-state index in [-0.39, 0.29) is 5.41 Å². The second kappa shape index (κ2) is 9.21. The maximum atomic E-state index is 14.2. The monoisotopic (exact) mass is 482 g/mol. The van der Waals surface area contributed by atoms with Gasteiger partial charge in [0.25, 0.3) is 0 Å². The fraction of sp³-hybridized carbons (Fsp3) is 0.231. The summed E-state index contributed by atoms with van der Waals surface area (Å²) in [5.74, 6) is 0. The van der Waals surface area contributed by atoms with E-state index in [0.717, 1.165) is 21.5 Å². The van der Waals surface area contributed by atoms with E-state index in [1.165, 1.54) is 0 Å². The van der Waals surface area contributed by atoms with E-state index in [4.69, 9.17) is 20.9 Å². The second-order valence-electron chi connectivity index (χ2n) is 8.84. The van der Waals surface area contributed by atoms with Crippen molar-refractivity contribution in [3.8, 4) is 0 Å². The van der Waals surface area contributed by atoms with Gasteiger partial charge < -0.3 is 9.05 Å². The van der Waals surface area contributed by atoms with E-state index in [2.05, 4.69) is 6.58 Å². The van der Waals surface area contributed by atoms with E-state index in [9.17, 15) is 4.57 Å². The molecule has 1 fully saturated rings. The van der Waals surface area contributed by atoms with Crippen LogP contribution in [0.1, 0.15) is 25.1 Å². The van der Waals surface area contributed by atoms with Gasteiger partial charge in [0.15, 0.2) is 0 Å². The lowest BCUT2D eigenvalue weighted by Crippen LogP contribution is -2.31. The molecule has 6 heteroatoms. The van der Waals surface area contributed by atoms with Crippen LogP contribution in [-0.2, 0) is 25.4 Å². The minimum absolute atomic E-state index is 0.199. The van der Waals surface area contributed by atoms with Crippen LogP contribution in [0, 0.1) is 5.41 Å². The Bertz CT molecular complexity index is 1120. The van der Waals surface area contributed by atoms with Gasteiger partial charge in [0.2, 0.25) is 0 Å². The Morgan fingerprint density at radius 1 is 0.875 bits per heavy atom. The van der Waals surface area contributed by atoms with Gasteiger partial charge in [-0.3, -0.25) is 4.57 Å². The highest BCUT2D eigenvalue weighted by Gasteiger charge is 2.48. The molecule has 0 bridgehead atoms. The second-order valence-corrected chi connectivity index (χ2v) is 15.4. The Balaban J connectivity index is 1.89. The van der Waals surface area contributed by atoms with Gasteiger partial charge in [-0.05, 0) is 21.5 Å². The highest BCUT2D eigenvalue weighted by molar-refractivity contribution is 8.24. The van der Waals surface area contributed by atoms with Gasteiger partial charge in [0.1, 0.15) is 5.66 Å². The maximum Gasteiger partial charge on any atom is 0.342 e. The Labute approximate surface area is 196 Å². The van der Waals surface area contributed by atoms with Gasteiger partial charge in [-0.25, -0.2) is 0 Å². The first-order valence-corrected chi connectivity index (χ1v) is 15.0. The van der Waals surface area contributed by atoms with Gasteiger partial charge in [0, 0.05) is 11.5 Å². The topological polar surface area (TPSA) is 35.5 Å². The summed E-state index contributed by atoms with van der Waals surface area (Å²) < 4.78 is 26.3. The SMILES string of the molecule is C=C(C(c1ccccc1)P1(=O)OCC(C)(C)CO1)P(=S)(c1ccccc1)c1ccccc1. The molecule has 1 heterocycles. The van der Waals surface area contributed by atoms with Crippen LogP contribution in [0.3, 0.4) is 0 Å². The Kier molecular flexibility index (Phi) is 6.73. The van der Waals surface area contributed by atoms with Crippen molar-refractivity contribution >= 4 is 36.0 Å². The van der Waals surface area contributed by atoms with Crippen LogP contribution >= 0.6 is 13.6 Å². The molecule has 1 saturated heterocycles. The van der Waals surface area contributed by atoms with Crippen molar-refractivity contribution in [3.05, 3.63) is 108 Å².